The van der Waals surface area contributed by atoms with Crippen LogP contribution in [0.4, 0.5) is 0 Å². The summed E-state index contributed by atoms with van der Waals surface area (Å²) in [6, 6.07) is 11.2. The summed E-state index contributed by atoms with van der Waals surface area (Å²) in [6.45, 7) is 1.84. The number of piperidine rings is 1. The number of halogens is 1. The maximum atomic E-state index is 12.6. The Morgan fingerprint density at radius 1 is 1.12 bits per heavy atom. The highest BCUT2D eigenvalue weighted by Crippen LogP contribution is 2.48. The van der Waals surface area contributed by atoms with Gasteiger partial charge in [0.2, 0.25) is 11.8 Å². The van der Waals surface area contributed by atoms with Gasteiger partial charge in [-0.25, -0.2) is 4.98 Å². The van der Waals surface area contributed by atoms with Gasteiger partial charge in [-0.1, -0.05) is 29.8 Å². The van der Waals surface area contributed by atoms with E-state index in [1.165, 1.54) is 6.42 Å². The average molecular weight is 357 g/mol. The minimum atomic E-state index is 0.134. The Bertz CT molecular complexity index is 757. The number of pyridine rings is 1. The quantitative estimate of drug-likeness (QED) is 0.801. The number of benzene rings is 1. The molecule has 0 spiro atoms. The summed E-state index contributed by atoms with van der Waals surface area (Å²) in [5.41, 5.74) is 1.11. The molecule has 4 nitrogen and oxygen atoms in total. The van der Waals surface area contributed by atoms with Crippen LogP contribution in [0.15, 0.2) is 42.6 Å². The van der Waals surface area contributed by atoms with E-state index >= 15 is 0 Å². The van der Waals surface area contributed by atoms with Gasteiger partial charge in [-0.05, 0) is 49.3 Å². The smallest absolute Gasteiger partial charge is 0.226 e. The fourth-order valence-electron chi connectivity index (χ4n) is 3.50. The second-order valence-corrected chi connectivity index (χ2v) is 7.20. The standard InChI is InChI=1S/C20H21ClN2O2/c21-17-6-2-3-7-18(17)25-19-9-8-14(13-22-19)15-12-16(15)20(24)23-10-4-1-5-11-23/h2-3,6-9,13,15-16H,1,4-5,10-12H2. The van der Waals surface area contributed by atoms with Crippen LogP contribution in [0, 0.1) is 5.92 Å². The Morgan fingerprint density at radius 3 is 2.64 bits per heavy atom. The van der Waals surface area contributed by atoms with E-state index < -0.39 is 0 Å². The van der Waals surface area contributed by atoms with Crippen molar-refractivity contribution in [2.75, 3.05) is 13.1 Å². The third-order valence-corrected chi connectivity index (χ3v) is 5.33. The Morgan fingerprint density at radius 2 is 1.92 bits per heavy atom. The van der Waals surface area contributed by atoms with Crippen LogP contribution in [0.3, 0.4) is 0 Å². The molecular weight excluding hydrogens is 336 g/mol. The van der Waals surface area contributed by atoms with Gasteiger partial charge in [-0.15, -0.1) is 0 Å². The SMILES string of the molecule is O=C(C1CC1c1ccc(Oc2ccccc2Cl)nc1)N1CCCCC1. The molecule has 0 radical (unpaired) electrons. The van der Waals surface area contributed by atoms with Crippen molar-refractivity contribution < 1.29 is 9.53 Å². The Balaban J connectivity index is 1.38. The van der Waals surface area contributed by atoms with Gasteiger partial charge < -0.3 is 9.64 Å². The van der Waals surface area contributed by atoms with E-state index in [4.69, 9.17) is 16.3 Å². The summed E-state index contributed by atoms with van der Waals surface area (Å²) in [4.78, 5) is 19.0. The number of ether oxygens (including phenoxy) is 1. The highest BCUT2D eigenvalue weighted by Gasteiger charge is 2.46. The lowest BCUT2D eigenvalue weighted by atomic mass is 10.1. The van der Waals surface area contributed by atoms with Gasteiger partial charge in [0.1, 0.15) is 5.75 Å². The van der Waals surface area contributed by atoms with Gasteiger partial charge >= 0.3 is 0 Å². The number of hydrogen-bond acceptors (Lipinski definition) is 3. The molecular formula is C20H21ClN2O2. The Hall–Kier alpha value is -2.07. The first kappa shape index (κ1) is 16.4. The van der Waals surface area contributed by atoms with Gasteiger partial charge in [0.05, 0.1) is 5.02 Å². The fourth-order valence-corrected chi connectivity index (χ4v) is 3.67. The number of likely N-dealkylation sites (tertiary alicyclic amines) is 1. The molecule has 2 aromatic rings. The second-order valence-electron chi connectivity index (χ2n) is 6.80. The van der Waals surface area contributed by atoms with Gasteiger partial charge in [-0.3, -0.25) is 4.79 Å². The highest BCUT2D eigenvalue weighted by atomic mass is 35.5. The minimum absolute atomic E-state index is 0.134. The molecule has 1 saturated heterocycles. The molecule has 25 heavy (non-hydrogen) atoms. The van der Waals surface area contributed by atoms with Crippen LogP contribution in [-0.4, -0.2) is 28.9 Å². The molecule has 2 fully saturated rings. The number of hydrogen-bond donors (Lipinski definition) is 0. The zero-order valence-electron chi connectivity index (χ0n) is 14.0. The fraction of sp³-hybridized carbons (Fsp3) is 0.400. The van der Waals surface area contributed by atoms with E-state index in [9.17, 15) is 4.79 Å². The second kappa shape index (κ2) is 7.04. The lowest BCUT2D eigenvalue weighted by Gasteiger charge is -2.26. The zero-order valence-corrected chi connectivity index (χ0v) is 14.8. The summed E-state index contributed by atoms with van der Waals surface area (Å²) in [7, 11) is 0. The van der Waals surface area contributed by atoms with Gasteiger partial charge in [-0.2, -0.15) is 0 Å². The van der Waals surface area contributed by atoms with Crippen LogP contribution in [0.5, 0.6) is 11.6 Å². The lowest BCUT2D eigenvalue weighted by molar-refractivity contribution is -0.133. The van der Waals surface area contributed by atoms with E-state index in [2.05, 4.69) is 4.98 Å². The third-order valence-electron chi connectivity index (χ3n) is 5.01. The number of nitrogens with zero attached hydrogens (tertiary/aromatic N) is 2. The molecule has 1 amide bonds. The van der Waals surface area contributed by atoms with E-state index in [0.717, 1.165) is 37.9 Å². The monoisotopic (exact) mass is 356 g/mol. The molecule has 130 valence electrons. The summed E-state index contributed by atoms with van der Waals surface area (Å²) in [5.74, 6) is 1.86. The van der Waals surface area contributed by atoms with Crippen molar-refractivity contribution in [1.29, 1.82) is 0 Å². The van der Waals surface area contributed by atoms with Crippen LogP contribution in [0.25, 0.3) is 0 Å². The molecule has 1 saturated carbocycles. The van der Waals surface area contributed by atoms with E-state index in [1.54, 1.807) is 6.07 Å². The molecule has 2 atom stereocenters. The zero-order chi connectivity index (χ0) is 17.2. The molecule has 0 N–H and O–H groups in total. The molecule has 1 aromatic carbocycles. The first-order valence-corrected chi connectivity index (χ1v) is 9.27. The maximum absolute atomic E-state index is 12.6. The van der Waals surface area contributed by atoms with Crippen molar-refractivity contribution in [2.24, 2.45) is 5.92 Å². The number of carbonyl (C=O) groups is 1. The maximum Gasteiger partial charge on any atom is 0.226 e. The third kappa shape index (κ3) is 3.64. The van der Waals surface area contributed by atoms with Crippen LogP contribution in [0.1, 0.15) is 37.2 Å². The first-order valence-electron chi connectivity index (χ1n) is 8.89. The molecule has 4 rings (SSSR count). The van der Waals surface area contributed by atoms with E-state index in [0.29, 0.717) is 28.5 Å². The largest absolute Gasteiger partial charge is 0.437 e. The molecule has 1 aliphatic carbocycles. The number of carbonyl (C=O) groups excluding carboxylic acids is 1. The van der Waals surface area contributed by atoms with Crippen LogP contribution in [0.2, 0.25) is 5.02 Å². The van der Waals surface area contributed by atoms with Crippen molar-refractivity contribution in [3.05, 3.63) is 53.2 Å². The van der Waals surface area contributed by atoms with Gasteiger partial charge in [0.25, 0.3) is 0 Å². The van der Waals surface area contributed by atoms with Crippen LogP contribution in [-0.2, 0) is 4.79 Å². The van der Waals surface area contributed by atoms with Crippen molar-refractivity contribution in [3.8, 4) is 11.6 Å². The predicted octanol–water partition coefficient (Wildman–Crippen LogP) is 4.64. The number of para-hydroxylation sites is 1. The lowest BCUT2D eigenvalue weighted by Crippen LogP contribution is -2.36. The molecule has 5 heteroatoms. The molecule has 2 heterocycles. The average Bonchev–Trinajstić information content (AvgIpc) is 3.45. The van der Waals surface area contributed by atoms with Gasteiger partial charge in [0, 0.05) is 31.3 Å². The van der Waals surface area contributed by atoms with Crippen LogP contribution < -0.4 is 4.74 Å². The normalized spacial score (nSPS) is 22.5. The Labute approximate surface area is 152 Å². The summed E-state index contributed by atoms with van der Waals surface area (Å²) >= 11 is 6.10. The molecule has 1 aliphatic heterocycles. The first-order chi connectivity index (χ1) is 12.2. The van der Waals surface area contributed by atoms with Crippen molar-refractivity contribution >= 4 is 17.5 Å². The summed E-state index contributed by atoms with van der Waals surface area (Å²) < 4.78 is 5.72. The highest BCUT2D eigenvalue weighted by molar-refractivity contribution is 6.32. The van der Waals surface area contributed by atoms with Crippen molar-refractivity contribution in [2.45, 2.75) is 31.6 Å². The van der Waals surface area contributed by atoms with E-state index in [-0.39, 0.29) is 5.92 Å². The molecule has 2 unspecified atom stereocenters. The summed E-state index contributed by atoms with van der Waals surface area (Å²) in [5, 5.41) is 0.558. The predicted molar refractivity (Wildman–Crippen MR) is 97.0 cm³/mol. The van der Waals surface area contributed by atoms with Gasteiger partial charge in [0.15, 0.2) is 0 Å². The molecule has 0 bridgehead atoms. The van der Waals surface area contributed by atoms with E-state index in [1.807, 2.05) is 41.4 Å². The summed E-state index contributed by atoms with van der Waals surface area (Å²) in [6.07, 6.45) is 6.27. The van der Waals surface area contributed by atoms with Crippen molar-refractivity contribution in [1.82, 2.24) is 9.88 Å². The van der Waals surface area contributed by atoms with Crippen molar-refractivity contribution in [3.63, 3.8) is 0 Å². The number of amides is 1. The minimum Gasteiger partial charge on any atom is -0.437 e. The molecule has 1 aromatic heterocycles. The number of aromatic nitrogens is 1. The number of rotatable bonds is 4. The van der Waals surface area contributed by atoms with Crippen LogP contribution >= 0.6 is 11.6 Å². The Kier molecular flexibility index (Phi) is 4.62. The topological polar surface area (TPSA) is 42.4 Å². The molecule has 2 aliphatic rings.